The second kappa shape index (κ2) is 6.98. The Kier molecular flexibility index (Phi) is 5.04. The molecule has 0 aliphatic carbocycles. The zero-order chi connectivity index (χ0) is 15.2. The van der Waals surface area contributed by atoms with Crippen molar-refractivity contribution in [2.75, 3.05) is 19.3 Å². The van der Waals surface area contributed by atoms with Gasteiger partial charge in [-0.1, -0.05) is 11.3 Å². The Labute approximate surface area is 127 Å². The number of nitrogens with two attached hydrogens (primary N) is 1. The van der Waals surface area contributed by atoms with E-state index in [-0.39, 0.29) is 12.1 Å². The Morgan fingerprint density at radius 1 is 1.43 bits per heavy atom. The lowest BCUT2D eigenvalue weighted by atomic mass is 10.1. The summed E-state index contributed by atoms with van der Waals surface area (Å²) >= 11 is 1.33. The van der Waals surface area contributed by atoms with E-state index in [1.54, 1.807) is 24.3 Å². The highest BCUT2D eigenvalue weighted by Crippen LogP contribution is 2.17. The average Bonchev–Trinajstić information content (AvgIpc) is 2.92. The number of carbonyl (C=O) groups excluding carboxylic acids is 1. The standard InChI is InChI=1S/C13H18N6OS/c1-9(10-3-6-15-7-4-10)19(2)13(20)16-8-5-11-17-18-12(14)21-11/h3-4,6-7,9H,5,8H2,1-2H3,(H2,14,18)(H,16,20)/t9-/m1/s1. The van der Waals surface area contributed by atoms with Crippen LogP contribution < -0.4 is 11.1 Å². The second-order valence-corrected chi connectivity index (χ2v) is 5.68. The van der Waals surface area contributed by atoms with E-state index in [2.05, 4.69) is 20.5 Å². The highest BCUT2D eigenvalue weighted by molar-refractivity contribution is 7.15. The number of carbonyl (C=O) groups is 1. The van der Waals surface area contributed by atoms with E-state index in [0.717, 1.165) is 10.6 Å². The molecule has 0 aliphatic heterocycles. The lowest BCUT2D eigenvalue weighted by Gasteiger charge is -2.25. The van der Waals surface area contributed by atoms with E-state index in [1.165, 1.54) is 11.3 Å². The van der Waals surface area contributed by atoms with Crippen molar-refractivity contribution >= 4 is 22.5 Å². The first-order chi connectivity index (χ1) is 10.1. The van der Waals surface area contributed by atoms with Crippen LogP contribution in [0.3, 0.4) is 0 Å². The number of aromatic nitrogens is 3. The zero-order valence-corrected chi connectivity index (χ0v) is 12.8. The molecular formula is C13H18N6OS. The number of urea groups is 1. The number of hydrogen-bond donors (Lipinski definition) is 2. The van der Waals surface area contributed by atoms with Crippen molar-refractivity contribution in [1.29, 1.82) is 0 Å². The molecule has 112 valence electrons. The predicted octanol–water partition coefficient (Wildman–Crippen LogP) is 1.46. The van der Waals surface area contributed by atoms with E-state index in [1.807, 2.05) is 19.1 Å². The van der Waals surface area contributed by atoms with Crippen LogP contribution in [0.5, 0.6) is 0 Å². The van der Waals surface area contributed by atoms with Gasteiger partial charge in [-0.3, -0.25) is 4.98 Å². The summed E-state index contributed by atoms with van der Waals surface area (Å²) in [6.07, 6.45) is 4.06. The van der Waals surface area contributed by atoms with Gasteiger partial charge in [-0.15, -0.1) is 10.2 Å². The molecule has 0 fully saturated rings. The molecule has 0 bridgehead atoms. The summed E-state index contributed by atoms with van der Waals surface area (Å²) in [5.41, 5.74) is 6.55. The number of hydrogen-bond acceptors (Lipinski definition) is 6. The summed E-state index contributed by atoms with van der Waals surface area (Å²) < 4.78 is 0. The fourth-order valence-electron chi connectivity index (χ4n) is 1.81. The summed E-state index contributed by atoms with van der Waals surface area (Å²) in [6.45, 7) is 2.47. The molecule has 1 atom stereocenters. The third kappa shape index (κ3) is 4.12. The van der Waals surface area contributed by atoms with Crippen LogP contribution in [0.4, 0.5) is 9.93 Å². The molecule has 2 rings (SSSR count). The van der Waals surface area contributed by atoms with Gasteiger partial charge in [0.05, 0.1) is 6.04 Å². The summed E-state index contributed by atoms with van der Waals surface area (Å²) in [4.78, 5) is 17.7. The molecule has 0 aromatic carbocycles. The first-order valence-electron chi connectivity index (χ1n) is 6.56. The molecule has 2 heterocycles. The second-order valence-electron chi connectivity index (χ2n) is 4.58. The molecule has 0 radical (unpaired) electrons. The van der Waals surface area contributed by atoms with E-state index in [0.29, 0.717) is 18.1 Å². The molecule has 0 unspecified atom stereocenters. The molecule has 3 N–H and O–H groups in total. The molecule has 0 saturated carbocycles. The number of nitrogens with zero attached hydrogens (tertiary/aromatic N) is 4. The Morgan fingerprint density at radius 3 is 2.76 bits per heavy atom. The van der Waals surface area contributed by atoms with Crippen molar-refractivity contribution in [2.24, 2.45) is 0 Å². The lowest BCUT2D eigenvalue weighted by Crippen LogP contribution is -2.39. The summed E-state index contributed by atoms with van der Waals surface area (Å²) in [5, 5.41) is 11.8. The van der Waals surface area contributed by atoms with Crippen LogP contribution in [-0.2, 0) is 6.42 Å². The molecule has 0 spiro atoms. The Morgan fingerprint density at radius 2 is 2.14 bits per heavy atom. The van der Waals surface area contributed by atoms with Gasteiger partial charge in [0.1, 0.15) is 5.01 Å². The van der Waals surface area contributed by atoms with E-state index < -0.39 is 0 Å². The van der Waals surface area contributed by atoms with Crippen LogP contribution in [0.15, 0.2) is 24.5 Å². The predicted molar refractivity (Wildman–Crippen MR) is 81.8 cm³/mol. The Balaban J connectivity index is 1.82. The van der Waals surface area contributed by atoms with Gasteiger partial charge in [0.15, 0.2) is 0 Å². The third-order valence-corrected chi connectivity index (χ3v) is 4.00. The number of nitrogen functional groups attached to an aromatic ring is 1. The molecule has 2 aromatic rings. The van der Waals surface area contributed by atoms with Crippen molar-refractivity contribution in [3.8, 4) is 0 Å². The van der Waals surface area contributed by atoms with Gasteiger partial charge in [0, 0.05) is 32.4 Å². The van der Waals surface area contributed by atoms with Crippen molar-refractivity contribution in [2.45, 2.75) is 19.4 Å². The normalized spacial score (nSPS) is 11.9. The molecular weight excluding hydrogens is 288 g/mol. The minimum atomic E-state index is -0.128. The van der Waals surface area contributed by atoms with Gasteiger partial charge in [-0.25, -0.2) is 4.79 Å². The smallest absolute Gasteiger partial charge is 0.317 e. The van der Waals surface area contributed by atoms with Crippen LogP contribution >= 0.6 is 11.3 Å². The number of amides is 2. The first-order valence-corrected chi connectivity index (χ1v) is 7.38. The third-order valence-electron chi connectivity index (χ3n) is 3.19. The van der Waals surface area contributed by atoms with E-state index in [4.69, 9.17) is 5.73 Å². The molecule has 2 aromatic heterocycles. The Hall–Kier alpha value is -2.22. The van der Waals surface area contributed by atoms with Crippen molar-refractivity contribution in [1.82, 2.24) is 25.4 Å². The number of nitrogens with one attached hydrogen (secondary N) is 1. The highest BCUT2D eigenvalue weighted by Gasteiger charge is 2.16. The van der Waals surface area contributed by atoms with Crippen LogP contribution in [0.1, 0.15) is 23.5 Å². The maximum absolute atomic E-state index is 12.1. The van der Waals surface area contributed by atoms with Crippen LogP contribution in [0, 0.1) is 0 Å². The van der Waals surface area contributed by atoms with Gasteiger partial charge in [0.2, 0.25) is 5.13 Å². The van der Waals surface area contributed by atoms with Gasteiger partial charge in [-0.2, -0.15) is 0 Å². The first kappa shape index (κ1) is 15.2. The Bertz CT molecular complexity index is 587. The molecule has 2 amide bonds. The number of rotatable bonds is 5. The SMILES string of the molecule is C[C@H](c1ccncc1)N(C)C(=O)NCCc1nnc(N)s1. The van der Waals surface area contributed by atoms with Crippen LogP contribution in [0.2, 0.25) is 0 Å². The van der Waals surface area contributed by atoms with Crippen LogP contribution in [-0.4, -0.2) is 39.7 Å². The molecule has 8 heteroatoms. The highest BCUT2D eigenvalue weighted by atomic mass is 32.1. The fraction of sp³-hybridized carbons (Fsp3) is 0.385. The molecule has 7 nitrogen and oxygen atoms in total. The van der Waals surface area contributed by atoms with Crippen LogP contribution in [0.25, 0.3) is 0 Å². The maximum Gasteiger partial charge on any atom is 0.317 e. The van der Waals surface area contributed by atoms with E-state index >= 15 is 0 Å². The van der Waals surface area contributed by atoms with Gasteiger partial charge < -0.3 is 16.0 Å². The summed E-state index contributed by atoms with van der Waals surface area (Å²) in [5.74, 6) is 0. The summed E-state index contributed by atoms with van der Waals surface area (Å²) in [6, 6.07) is 3.65. The lowest BCUT2D eigenvalue weighted by molar-refractivity contribution is 0.194. The van der Waals surface area contributed by atoms with Gasteiger partial charge >= 0.3 is 6.03 Å². The fourth-order valence-corrected chi connectivity index (χ4v) is 2.42. The average molecular weight is 306 g/mol. The summed E-state index contributed by atoms with van der Waals surface area (Å²) in [7, 11) is 1.77. The van der Waals surface area contributed by atoms with Gasteiger partial charge in [0.25, 0.3) is 0 Å². The quantitative estimate of drug-likeness (QED) is 0.871. The molecule has 21 heavy (non-hydrogen) atoms. The van der Waals surface area contributed by atoms with E-state index in [9.17, 15) is 4.79 Å². The topological polar surface area (TPSA) is 97.0 Å². The van der Waals surface area contributed by atoms with Crippen molar-refractivity contribution in [3.63, 3.8) is 0 Å². The minimum absolute atomic E-state index is 0.0230. The largest absolute Gasteiger partial charge is 0.374 e. The number of anilines is 1. The van der Waals surface area contributed by atoms with Gasteiger partial charge in [-0.05, 0) is 24.6 Å². The van der Waals surface area contributed by atoms with Crippen molar-refractivity contribution < 1.29 is 4.79 Å². The minimum Gasteiger partial charge on any atom is -0.374 e. The number of pyridine rings is 1. The maximum atomic E-state index is 12.1. The monoisotopic (exact) mass is 306 g/mol. The molecule has 0 saturated heterocycles. The van der Waals surface area contributed by atoms with Crippen molar-refractivity contribution in [3.05, 3.63) is 35.1 Å². The molecule has 0 aliphatic rings. The zero-order valence-electron chi connectivity index (χ0n) is 12.0.